The highest BCUT2D eigenvalue weighted by atomic mass is 32.2. The maximum absolute atomic E-state index is 11.9. The first kappa shape index (κ1) is 15.3. The van der Waals surface area contributed by atoms with Crippen LogP contribution in [-0.4, -0.2) is 42.5 Å². The molecule has 1 aliphatic carbocycles. The average Bonchev–Trinajstić information content (AvgIpc) is 3.08. The molecule has 0 saturated carbocycles. The van der Waals surface area contributed by atoms with E-state index in [4.69, 9.17) is 0 Å². The van der Waals surface area contributed by atoms with Crippen LogP contribution in [0.2, 0.25) is 0 Å². The number of thiophene rings is 1. The summed E-state index contributed by atoms with van der Waals surface area (Å²) in [5.74, 6) is 1.49. The first-order chi connectivity index (χ1) is 11.1. The quantitative estimate of drug-likeness (QED) is 0.850. The van der Waals surface area contributed by atoms with Gasteiger partial charge in [0.15, 0.2) is 9.84 Å². The molecule has 1 unspecified atom stereocenters. The molecular formula is C16H21N3O2S2. The lowest BCUT2D eigenvalue weighted by molar-refractivity contribution is 0.599. The molecule has 0 bridgehead atoms. The van der Waals surface area contributed by atoms with Crippen LogP contribution in [0.1, 0.15) is 36.6 Å². The van der Waals surface area contributed by atoms with Crippen molar-refractivity contribution in [2.45, 2.75) is 45.1 Å². The number of sulfone groups is 1. The van der Waals surface area contributed by atoms with Crippen LogP contribution >= 0.6 is 11.3 Å². The Hall–Kier alpha value is -1.21. The third-order valence-corrected chi connectivity index (χ3v) is 7.94. The Morgan fingerprint density at radius 3 is 2.87 bits per heavy atom. The van der Waals surface area contributed by atoms with Crippen molar-refractivity contribution in [2.24, 2.45) is 0 Å². The van der Waals surface area contributed by atoms with Crippen molar-refractivity contribution in [3.63, 3.8) is 0 Å². The lowest BCUT2D eigenvalue weighted by Crippen LogP contribution is -2.37. The molecule has 2 aliphatic rings. The predicted molar refractivity (Wildman–Crippen MR) is 94.1 cm³/mol. The topological polar surface area (TPSA) is 63.2 Å². The van der Waals surface area contributed by atoms with E-state index in [9.17, 15) is 8.42 Å². The third-order valence-electron chi connectivity index (χ3n) is 4.99. The first-order valence-electron chi connectivity index (χ1n) is 8.31. The number of fused-ring (bicyclic) bond motifs is 3. The molecule has 0 amide bonds. The first-order valence-corrected chi connectivity index (χ1v) is 10.9. The van der Waals surface area contributed by atoms with Crippen LogP contribution in [0.3, 0.4) is 0 Å². The highest BCUT2D eigenvalue weighted by molar-refractivity contribution is 7.91. The lowest BCUT2D eigenvalue weighted by atomic mass is 9.96. The van der Waals surface area contributed by atoms with Crippen LogP contribution in [0.25, 0.3) is 10.2 Å². The SMILES string of the molecule is CCN(c1ncnc2sc3c(c12)CCCC3)C1CCS(=O)(=O)C1. The van der Waals surface area contributed by atoms with E-state index in [0.29, 0.717) is 12.2 Å². The predicted octanol–water partition coefficient (Wildman–Crippen LogP) is 2.58. The molecule has 4 rings (SSSR count). The zero-order valence-corrected chi connectivity index (χ0v) is 14.9. The van der Waals surface area contributed by atoms with Crippen molar-refractivity contribution in [1.29, 1.82) is 0 Å². The third kappa shape index (κ3) is 2.63. The van der Waals surface area contributed by atoms with Crippen LogP contribution in [0.4, 0.5) is 5.82 Å². The van der Waals surface area contributed by atoms with E-state index < -0.39 is 9.84 Å². The molecule has 0 spiro atoms. The monoisotopic (exact) mass is 351 g/mol. The second-order valence-electron chi connectivity index (χ2n) is 6.43. The fraction of sp³-hybridized carbons (Fsp3) is 0.625. The molecule has 23 heavy (non-hydrogen) atoms. The number of nitrogens with zero attached hydrogens (tertiary/aromatic N) is 3. The van der Waals surface area contributed by atoms with Crippen molar-refractivity contribution in [1.82, 2.24) is 9.97 Å². The summed E-state index contributed by atoms with van der Waals surface area (Å²) in [4.78, 5) is 13.8. The van der Waals surface area contributed by atoms with Gasteiger partial charge < -0.3 is 4.90 Å². The summed E-state index contributed by atoms with van der Waals surface area (Å²) < 4.78 is 23.8. The van der Waals surface area contributed by atoms with Crippen LogP contribution in [-0.2, 0) is 22.7 Å². The van der Waals surface area contributed by atoms with Crippen molar-refractivity contribution in [2.75, 3.05) is 23.0 Å². The van der Waals surface area contributed by atoms with E-state index in [1.54, 1.807) is 17.7 Å². The van der Waals surface area contributed by atoms with Gasteiger partial charge in [0, 0.05) is 17.5 Å². The Labute approximate surface area is 140 Å². The van der Waals surface area contributed by atoms with Gasteiger partial charge in [-0.05, 0) is 44.6 Å². The minimum Gasteiger partial charge on any atom is -0.352 e. The number of aromatic nitrogens is 2. The fourth-order valence-corrected chi connectivity index (χ4v) is 6.85. The minimum atomic E-state index is -2.90. The zero-order valence-electron chi connectivity index (χ0n) is 13.3. The molecule has 5 nitrogen and oxygen atoms in total. The Bertz CT molecular complexity index is 844. The Kier molecular flexibility index (Phi) is 3.80. The van der Waals surface area contributed by atoms with Gasteiger partial charge >= 0.3 is 0 Å². The van der Waals surface area contributed by atoms with Gasteiger partial charge in [0.1, 0.15) is 17.0 Å². The number of hydrogen-bond donors (Lipinski definition) is 0. The van der Waals surface area contributed by atoms with Crippen LogP contribution in [0.5, 0.6) is 0 Å². The summed E-state index contributed by atoms with van der Waals surface area (Å²) in [5.41, 5.74) is 1.41. The molecule has 7 heteroatoms. The van der Waals surface area contributed by atoms with Crippen LogP contribution < -0.4 is 4.90 Å². The molecule has 3 heterocycles. The maximum atomic E-state index is 11.9. The normalized spacial score (nSPS) is 23.1. The zero-order chi connectivity index (χ0) is 16.0. The van der Waals surface area contributed by atoms with E-state index >= 15 is 0 Å². The van der Waals surface area contributed by atoms with Crippen LogP contribution in [0.15, 0.2) is 6.33 Å². The second-order valence-corrected chi connectivity index (χ2v) is 9.74. The molecule has 1 atom stereocenters. The molecule has 2 aromatic rings. The van der Waals surface area contributed by atoms with E-state index in [1.807, 2.05) is 0 Å². The molecule has 124 valence electrons. The van der Waals surface area contributed by atoms with Crippen molar-refractivity contribution >= 4 is 37.2 Å². The average molecular weight is 351 g/mol. The van der Waals surface area contributed by atoms with Crippen LogP contribution in [0, 0.1) is 0 Å². The van der Waals surface area contributed by atoms with Crippen molar-refractivity contribution in [3.8, 4) is 0 Å². The maximum Gasteiger partial charge on any atom is 0.152 e. The Morgan fingerprint density at radius 2 is 2.13 bits per heavy atom. The number of hydrogen-bond acceptors (Lipinski definition) is 6. The van der Waals surface area contributed by atoms with E-state index in [2.05, 4.69) is 21.8 Å². The standard InChI is InChI=1S/C16H21N3O2S2/c1-2-19(11-7-8-23(20,21)9-11)15-14-12-5-3-4-6-13(12)22-16(14)18-10-17-15/h10-11H,2-9H2,1H3. The van der Waals surface area contributed by atoms with E-state index in [0.717, 1.165) is 30.0 Å². The number of aryl methyl sites for hydroxylation is 2. The van der Waals surface area contributed by atoms with Gasteiger partial charge in [-0.15, -0.1) is 11.3 Å². The molecule has 0 aromatic carbocycles. The summed E-state index contributed by atoms with van der Waals surface area (Å²) in [6, 6.07) is 0.0437. The van der Waals surface area contributed by atoms with E-state index in [-0.39, 0.29) is 11.8 Å². The molecular weight excluding hydrogens is 330 g/mol. The fourth-order valence-electron chi connectivity index (χ4n) is 3.89. The van der Waals surface area contributed by atoms with Gasteiger partial charge in [-0.25, -0.2) is 18.4 Å². The van der Waals surface area contributed by atoms with Gasteiger partial charge in [0.05, 0.1) is 16.9 Å². The summed E-state index contributed by atoms with van der Waals surface area (Å²) in [5, 5.41) is 1.18. The summed E-state index contributed by atoms with van der Waals surface area (Å²) in [6.45, 7) is 2.86. The molecule has 1 saturated heterocycles. The minimum absolute atomic E-state index is 0.0437. The second kappa shape index (κ2) is 5.70. The van der Waals surface area contributed by atoms with E-state index in [1.165, 1.54) is 28.7 Å². The van der Waals surface area contributed by atoms with Gasteiger partial charge in [0.25, 0.3) is 0 Å². The van der Waals surface area contributed by atoms with Gasteiger partial charge in [0.2, 0.25) is 0 Å². The van der Waals surface area contributed by atoms with Gasteiger partial charge in [-0.1, -0.05) is 0 Å². The summed E-state index contributed by atoms with van der Waals surface area (Å²) in [7, 11) is -2.90. The highest BCUT2D eigenvalue weighted by Crippen LogP contribution is 2.40. The van der Waals surface area contributed by atoms with Gasteiger partial charge in [-0.3, -0.25) is 0 Å². The summed E-state index contributed by atoms with van der Waals surface area (Å²) >= 11 is 1.79. The number of anilines is 1. The highest BCUT2D eigenvalue weighted by Gasteiger charge is 2.34. The smallest absolute Gasteiger partial charge is 0.152 e. The largest absolute Gasteiger partial charge is 0.352 e. The molecule has 0 N–H and O–H groups in total. The molecule has 1 aliphatic heterocycles. The van der Waals surface area contributed by atoms with Crippen molar-refractivity contribution in [3.05, 3.63) is 16.8 Å². The number of rotatable bonds is 3. The molecule has 0 radical (unpaired) electrons. The van der Waals surface area contributed by atoms with Crippen molar-refractivity contribution < 1.29 is 8.42 Å². The summed E-state index contributed by atoms with van der Waals surface area (Å²) in [6.07, 6.45) is 7.04. The Morgan fingerprint density at radius 1 is 1.30 bits per heavy atom. The Balaban J connectivity index is 1.82. The lowest BCUT2D eigenvalue weighted by Gasteiger charge is -2.29. The molecule has 2 aromatic heterocycles. The van der Waals surface area contributed by atoms with Gasteiger partial charge in [-0.2, -0.15) is 0 Å². The molecule has 1 fully saturated rings.